The first kappa shape index (κ1) is 21.9. The van der Waals surface area contributed by atoms with E-state index in [2.05, 4.69) is 5.32 Å². The van der Waals surface area contributed by atoms with Gasteiger partial charge in [0.2, 0.25) is 0 Å². The highest BCUT2D eigenvalue weighted by Crippen LogP contribution is 2.20. The molecule has 0 bridgehead atoms. The molecule has 0 saturated heterocycles. The Morgan fingerprint density at radius 3 is 2.24 bits per heavy atom. The molecule has 1 unspecified atom stereocenters. The maximum Gasteiger partial charge on any atom is 0.410 e. The summed E-state index contributed by atoms with van der Waals surface area (Å²) in [6.45, 7) is 5.46. The summed E-state index contributed by atoms with van der Waals surface area (Å²) in [7, 11) is 3.56. The van der Waals surface area contributed by atoms with Gasteiger partial charge in [0.25, 0.3) is 0 Å². The molecule has 0 aliphatic heterocycles. The molecule has 1 amide bonds. The molecule has 0 aromatic heterocycles. The molecular weight excluding hydrogens is 320 g/mol. The number of rotatable bonds is 2. The number of likely N-dealkylation sites (N-methyl/N-ethyl adjacent to an activating group) is 2. The van der Waals surface area contributed by atoms with Gasteiger partial charge in [0.05, 0.1) is 12.1 Å². The van der Waals surface area contributed by atoms with E-state index in [1.807, 2.05) is 27.8 Å². The van der Waals surface area contributed by atoms with Crippen molar-refractivity contribution in [3.8, 4) is 0 Å². The monoisotopic (exact) mass is 356 g/mol. The molecule has 6 nitrogen and oxygen atoms in total. The number of Topliss-reactive ketones (excluding diaryl/α,β-unsaturated/α-hetero) is 1. The van der Waals surface area contributed by atoms with Crippen LogP contribution in [0.4, 0.5) is 4.79 Å². The molecule has 6 heteroatoms. The number of hydrogen-bond donors (Lipinski definition) is 2. The Labute approximate surface area is 152 Å². The summed E-state index contributed by atoms with van der Waals surface area (Å²) in [5.41, 5.74) is -0.511. The van der Waals surface area contributed by atoms with Crippen LogP contribution in [-0.2, 0) is 9.53 Å². The van der Waals surface area contributed by atoms with Crippen molar-refractivity contribution in [2.24, 2.45) is 0 Å². The van der Waals surface area contributed by atoms with Crippen LogP contribution >= 0.6 is 0 Å². The summed E-state index contributed by atoms with van der Waals surface area (Å²) in [5, 5.41) is 12.4. The van der Waals surface area contributed by atoms with E-state index < -0.39 is 11.7 Å². The lowest BCUT2D eigenvalue weighted by atomic mass is 9.93. The third kappa shape index (κ3) is 7.74. The predicted molar refractivity (Wildman–Crippen MR) is 98.6 cm³/mol. The third-order valence-electron chi connectivity index (χ3n) is 4.77. The van der Waals surface area contributed by atoms with Crippen LogP contribution in [0.25, 0.3) is 0 Å². The lowest BCUT2D eigenvalue weighted by Crippen LogP contribution is -2.46. The molecule has 0 radical (unpaired) electrons. The number of carbonyl (C=O) groups is 2. The van der Waals surface area contributed by atoms with E-state index in [-0.39, 0.29) is 17.9 Å². The van der Waals surface area contributed by atoms with Gasteiger partial charge in [-0.25, -0.2) is 4.79 Å². The average Bonchev–Trinajstić information content (AvgIpc) is 2.54. The zero-order valence-corrected chi connectivity index (χ0v) is 16.5. The van der Waals surface area contributed by atoms with E-state index in [9.17, 15) is 14.7 Å². The Morgan fingerprint density at radius 2 is 1.76 bits per heavy atom. The van der Waals surface area contributed by atoms with Crippen LogP contribution < -0.4 is 5.32 Å². The fourth-order valence-electron chi connectivity index (χ4n) is 3.28. The Morgan fingerprint density at radius 1 is 1.16 bits per heavy atom. The molecule has 0 spiro atoms. The molecule has 146 valence electrons. The van der Waals surface area contributed by atoms with Gasteiger partial charge >= 0.3 is 6.09 Å². The second kappa shape index (κ2) is 10.1. The molecule has 2 N–H and O–H groups in total. The topological polar surface area (TPSA) is 78.9 Å². The number of nitrogens with one attached hydrogen (secondary N) is 1. The van der Waals surface area contributed by atoms with Crippen LogP contribution in [0.5, 0.6) is 0 Å². The lowest BCUT2D eigenvalue weighted by molar-refractivity contribution is -0.125. The van der Waals surface area contributed by atoms with E-state index in [0.29, 0.717) is 12.5 Å². The zero-order chi connectivity index (χ0) is 19.0. The molecule has 2 rings (SSSR count). The number of nitrogens with zero attached hydrogens (tertiary/aromatic N) is 1. The van der Waals surface area contributed by atoms with E-state index in [4.69, 9.17) is 4.74 Å². The van der Waals surface area contributed by atoms with E-state index >= 15 is 0 Å². The number of amides is 1. The quantitative estimate of drug-likeness (QED) is 0.795. The number of ether oxygens (including phenoxy) is 1. The fourth-order valence-corrected chi connectivity index (χ4v) is 3.28. The first-order valence-corrected chi connectivity index (χ1v) is 9.49. The van der Waals surface area contributed by atoms with Gasteiger partial charge in [0.15, 0.2) is 5.78 Å². The minimum atomic E-state index is -0.511. The van der Waals surface area contributed by atoms with Crippen LogP contribution in [0.2, 0.25) is 0 Å². The Bertz CT molecular complexity index is 434. The van der Waals surface area contributed by atoms with Crippen molar-refractivity contribution in [3.05, 3.63) is 0 Å². The molecule has 0 aromatic carbocycles. The average molecular weight is 357 g/mol. The molecule has 2 aliphatic rings. The SMILES string of the molecule is CN(C(=O)OC(C)(C)C)C1CCCCC1=O.CN[C@@H]1CCCC[C@H]1O. The Hall–Kier alpha value is -1.14. The number of hydrogen-bond acceptors (Lipinski definition) is 5. The maximum absolute atomic E-state index is 11.8. The summed E-state index contributed by atoms with van der Waals surface area (Å²) in [5.74, 6) is 0.152. The van der Waals surface area contributed by atoms with Crippen LogP contribution in [-0.4, -0.2) is 59.8 Å². The van der Waals surface area contributed by atoms with Gasteiger partial charge in [-0.05, 0) is 53.5 Å². The molecule has 0 heterocycles. The minimum absolute atomic E-state index is 0.0938. The summed E-state index contributed by atoms with van der Waals surface area (Å²) in [4.78, 5) is 24.8. The van der Waals surface area contributed by atoms with Crippen LogP contribution in [0.15, 0.2) is 0 Å². The number of aliphatic hydroxyl groups excluding tert-OH is 1. The van der Waals surface area contributed by atoms with Crippen molar-refractivity contribution in [1.29, 1.82) is 0 Å². The predicted octanol–water partition coefficient (Wildman–Crippen LogP) is 2.87. The minimum Gasteiger partial charge on any atom is -0.444 e. The van der Waals surface area contributed by atoms with Gasteiger partial charge in [-0.2, -0.15) is 0 Å². The molecule has 0 aromatic rings. The summed E-state index contributed by atoms with van der Waals surface area (Å²) < 4.78 is 5.24. The maximum atomic E-state index is 11.8. The first-order chi connectivity index (χ1) is 11.7. The van der Waals surface area contributed by atoms with E-state index in [0.717, 1.165) is 32.1 Å². The highest BCUT2D eigenvalue weighted by molar-refractivity contribution is 5.87. The third-order valence-corrected chi connectivity index (χ3v) is 4.77. The van der Waals surface area contributed by atoms with E-state index in [1.165, 1.54) is 17.7 Å². The van der Waals surface area contributed by atoms with Crippen molar-refractivity contribution in [3.63, 3.8) is 0 Å². The normalized spacial score (nSPS) is 27.1. The van der Waals surface area contributed by atoms with Crippen molar-refractivity contribution < 1.29 is 19.4 Å². The zero-order valence-electron chi connectivity index (χ0n) is 16.5. The van der Waals surface area contributed by atoms with Gasteiger partial charge in [-0.15, -0.1) is 0 Å². The highest BCUT2D eigenvalue weighted by Gasteiger charge is 2.31. The molecule has 2 aliphatic carbocycles. The number of aliphatic hydroxyl groups is 1. The number of carbonyl (C=O) groups excluding carboxylic acids is 2. The Balaban J connectivity index is 0.000000293. The second-order valence-electron chi connectivity index (χ2n) is 8.07. The van der Waals surface area contributed by atoms with Crippen molar-refractivity contribution in [1.82, 2.24) is 10.2 Å². The number of ketones is 1. The van der Waals surface area contributed by atoms with Gasteiger partial charge in [0, 0.05) is 19.5 Å². The standard InChI is InChI=1S/C12H21NO3.C7H15NO/c1-12(2,3)16-11(15)13(4)9-7-5-6-8-10(9)14;1-8-6-4-2-3-5-7(6)9/h9H,5-8H2,1-4H3;6-9H,2-5H2,1H3/t;6-,7-/m.1/s1. The van der Waals surface area contributed by atoms with Crippen molar-refractivity contribution in [2.45, 2.75) is 95.9 Å². The van der Waals surface area contributed by atoms with Crippen LogP contribution in [0.1, 0.15) is 72.1 Å². The van der Waals surface area contributed by atoms with E-state index in [1.54, 1.807) is 7.05 Å². The molecule has 2 saturated carbocycles. The van der Waals surface area contributed by atoms with Crippen LogP contribution in [0.3, 0.4) is 0 Å². The van der Waals surface area contributed by atoms with Gasteiger partial charge in [-0.1, -0.05) is 19.3 Å². The fraction of sp³-hybridized carbons (Fsp3) is 0.895. The molecule has 25 heavy (non-hydrogen) atoms. The van der Waals surface area contributed by atoms with Gasteiger partial charge in [0.1, 0.15) is 5.60 Å². The molecular formula is C19H36N2O4. The first-order valence-electron chi connectivity index (χ1n) is 9.49. The highest BCUT2D eigenvalue weighted by atomic mass is 16.6. The van der Waals surface area contributed by atoms with Gasteiger partial charge < -0.3 is 20.1 Å². The molecule has 2 fully saturated rings. The Kier molecular flexibility index (Phi) is 8.86. The second-order valence-corrected chi connectivity index (χ2v) is 8.07. The van der Waals surface area contributed by atoms with Crippen molar-refractivity contribution in [2.75, 3.05) is 14.1 Å². The largest absolute Gasteiger partial charge is 0.444 e. The van der Waals surface area contributed by atoms with Crippen LogP contribution in [0, 0.1) is 0 Å². The smallest absolute Gasteiger partial charge is 0.410 e. The van der Waals surface area contributed by atoms with Crippen molar-refractivity contribution >= 4 is 11.9 Å². The summed E-state index contributed by atoms with van der Waals surface area (Å²) in [6, 6.07) is 0.0716. The molecule has 3 atom stereocenters. The summed E-state index contributed by atoms with van der Waals surface area (Å²) in [6.07, 6.45) is 7.36. The van der Waals surface area contributed by atoms with Gasteiger partial charge in [-0.3, -0.25) is 4.79 Å². The lowest BCUT2D eigenvalue weighted by Gasteiger charge is -2.31. The summed E-state index contributed by atoms with van der Waals surface area (Å²) >= 11 is 0.